The Morgan fingerprint density at radius 1 is 1.36 bits per heavy atom. The Morgan fingerprint density at radius 3 is 3.00 bits per heavy atom. The molecule has 2 fully saturated rings. The van der Waals surface area contributed by atoms with E-state index in [1.807, 2.05) is 6.07 Å². The summed E-state index contributed by atoms with van der Waals surface area (Å²) in [5.41, 5.74) is 2.60. The number of urea groups is 1. The number of methoxy groups -OCH3 is 1. The number of aromatic nitrogens is 2. The molecule has 2 atom stereocenters. The van der Waals surface area contributed by atoms with Gasteiger partial charge in [-0.3, -0.25) is 19.8 Å². The number of carbonyl (C=O) groups excluding carboxylic acids is 3. The molecule has 0 aromatic carbocycles. The van der Waals surface area contributed by atoms with Gasteiger partial charge in [0.25, 0.3) is 0 Å². The Hall–Kier alpha value is -3.73. The van der Waals surface area contributed by atoms with Gasteiger partial charge in [0.05, 0.1) is 30.0 Å². The maximum atomic E-state index is 13.4. The van der Waals surface area contributed by atoms with Gasteiger partial charge in [-0.15, -0.1) is 0 Å². The number of morpholine rings is 1. The number of aryl methyl sites for hydroxylation is 1. The first-order valence-corrected chi connectivity index (χ1v) is 13.9. The summed E-state index contributed by atoms with van der Waals surface area (Å²) < 4.78 is 10.7. The first-order valence-electron chi connectivity index (χ1n) is 12.7. The van der Waals surface area contributed by atoms with Crippen LogP contribution in [0.1, 0.15) is 33.6 Å². The number of nitrogens with zero attached hydrogens (tertiary/aromatic N) is 5. The molecule has 3 aliphatic rings. The molecule has 0 radical (unpaired) electrons. The Balaban J connectivity index is 1.35. The molecule has 12 nitrogen and oxygen atoms in total. The molecule has 3 amide bonds. The predicted molar refractivity (Wildman–Crippen MR) is 145 cm³/mol. The second-order valence-corrected chi connectivity index (χ2v) is 10.6. The van der Waals surface area contributed by atoms with Crippen LogP contribution < -0.4 is 15.5 Å². The maximum Gasteiger partial charge on any atom is 0.328 e. The van der Waals surface area contributed by atoms with Crippen molar-refractivity contribution >= 4 is 47.3 Å². The maximum absolute atomic E-state index is 13.4. The van der Waals surface area contributed by atoms with E-state index in [4.69, 9.17) is 9.47 Å². The molecule has 0 aliphatic carbocycles. The van der Waals surface area contributed by atoms with Crippen LogP contribution in [0.15, 0.2) is 18.3 Å². The van der Waals surface area contributed by atoms with Gasteiger partial charge in [-0.1, -0.05) is 0 Å². The molecule has 13 heteroatoms. The number of anilines is 3. The average molecular weight is 552 g/mol. The minimum Gasteiger partial charge on any atom is -0.378 e. The van der Waals surface area contributed by atoms with E-state index >= 15 is 0 Å². The number of nitrogens with one attached hydrogen (secondary N) is 2. The van der Waals surface area contributed by atoms with E-state index < -0.39 is 6.03 Å². The summed E-state index contributed by atoms with van der Waals surface area (Å²) in [5, 5.41) is 15.7. The van der Waals surface area contributed by atoms with Crippen LogP contribution in [0.3, 0.4) is 0 Å². The number of pyridine rings is 2. The fraction of sp³-hybridized carbons (Fsp3) is 0.462. The zero-order valence-corrected chi connectivity index (χ0v) is 22.3. The number of ether oxygens (including phenoxy) is 2. The number of hydrogen-bond acceptors (Lipinski definition) is 10. The van der Waals surface area contributed by atoms with Crippen LogP contribution in [0.25, 0.3) is 0 Å². The SMILES string of the molecule is CO[C@@H]1CSC[C@H]1Nc1cc(NC(=O)N2CCCc3cc(CN4CCOCC4=O)c(C=O)nc32)ncc1C#N. The fourth-order valence-electron chi connectivity index (χ4n) is 4.92. The lowest BCUT2D eigenvalue weighted by Gasteiger charge is -2.31. The second kappa shape index (κ2) is 12.0. The van der Waals surface area contributed by atoms with Gasteiger partial charge in [0, 0.05) is 56.1 Å². The molecule has 5 heterocycles. The third kappa shape index (κ3) is 5.83. The molecule has 3 aliphatic heterocycles. The van der Waals surface area contributed by atoms with Crippen molar-refractivity contribution < 1.29 is 23.9 Å². The molecule has 0 unspecified atom stereocenters. The number of thioether (sulfide) groups is 1. The van der Waals surface area contributed by atoms with Crippen molar-refractivity contribution in [2.24, 2.45) is 0 Å². The number of amides is 3. The number of carbonyl (C=O) groups is 3. The number of hydrogen-bond donors (Lipinski definition) is 2. The molecule has 2 aromatic heterocycles. The monoisotopic (exact) mass is 551 g/mol. The molecule has 204 valence electrons. The number of fused-ring (bicyclic) bond motifs is 1. The second-order valence-electron chi connectivity index (χ2n) is 9.48. The van der Waals surface area contributed by atoms with Crippen molar-refractivity contribution in [2.45, 2.75) is 31.5 Å². The van der Waals surface area contributed by atoms with E-state index in [0.717, 1.165) is 17.1 Å². The third-order valence-corrected chi connectivity index (χ3v) is 8.17. The fourth-order valence-corrected chi connectivity index (χ4v) is 6.21. The van der Waals surface area contributed by atoms with Crippen LogP contribution in [-0.2, 0) is 27.2 Å². The topological polar surface area (TPSA) is 150 Å². The number of nitriles is 1. The predicted octanol–water partition coefficient (Wildman–Crippen LogP) is 2.05. The Bertz CT molecular complexity index is 1320. The van der Waals surface area contributed by atoms with E-state index in [0.29, 0.717) is 61.5 Å². The lowest BCUT2D eigenvalue weighted by molar-refractivity contribution is -0.143. The summed E-state index contributed by atoms with van der Waals surface area (Å²) in [6.45, 7) is 1.60. The number of aldehydes is 1. The van der Waals surface area contributed by atoms with Crippen LogP contribution in [0.2, 0.25) is 0 Å². The van der Waals surface area contributed by atoms with Crippen LogP contribution >= 0.6 is 11.8 Å². The molecule has 0 spiro atoms. The van der Waals surface area contributed by atoms with Crippen molar-refractivity contribution in [3.8, 4) is 6.07 Å². The normalized spacial score (nSPS) is 20.8. The van der Waals surface area contributed by atoms with Gasteiger partial charge >= 0.3 is 6.03 Å². The van der Waals surface area contributed by atoms with Gasteiger partial charge < -0.3 is 19.7 Å². The minimum atomic E-state index is -0.439. The molecular formula is C26H29N7O5S. The van der Waals surface area contributed by atoms with Crippen molar-refractivity contribution in [1.29, 1.82) is 5.26 Å². The summed E-state index contributed by atoms with van der Waals surface area (Å²) >= 11 is 1.77. The summed E-state index contributed by atoms with van der Waals surface area (Å²) in [4.78, 5) is 49.4. The quantitative estimate of drug-likeness (QED) is 0.490. The molecule has 0 bridgehead atoms. The van der Waals surface area contributed by atoms with E-state index in [1.54, 1.807) is 29.8 Å². The Labute approximate surface area is 230 Å². The lowest BCUT2D eigenvalue weighted by atomic mass is 10.0. The van der Waals surface area contributed by atoms with Crippen LogP contribution in [0, 0.1) is 11.3 Å². The summed E-state index contributed by atoms with van der Waals surface area (Å²) in [5.74, 6) is 2.26. The van der Waals surface area contributed by atoms with E-state index in [9.17, 15) is 19.6 Å². The first-order chi connectivity index (χ1) is 19.0. The zero-order valence-electron chi connectivity index (χ0n) is 21.5. The summed E-state index contributed by atoms with van der Waals surface area (Å²) in [6, 6.07) is 5.23. The van der Waals surface area contributed by atoms with Gasteiger partial charge in [-0.2, -0.15) is 17.0 Å². The molecule has 0 saturated carbocycles. The lowest BCUT2D eigenvalue weighted by Crippen LogP contribution is -2.42. The van der Waals surface area contributed by atoms with Crippen LogP contribution in [0.5, 0.6) is 0 Å². The largest absolute Gasteiger partial charge is 0.378 e. The van der Waals surface area contributed by atoms with E-state index in [2.05, 4.69) is 26.7 Å². The molecule has 5 rings (SSSR count). The van der Waals surface area contributed by atoms with Gasteiger partial charge in [0.1, 0.15) is 30.0 Å². The minimum absolute atomic E-state index is 0.0157. The summed E-state index contributed by atoms with van der Waals surface area (Å²) in [7, 11) is 1.67. The summed E-state index contributed by atoms with van der Waals surface area (Å²) in [6.07, 6.45) is 3.50. The molecule has 2 N–H and O–H groups in total. The van der Waals surface area contributed by atoms with Crippen molar-refractivity contribution in [1.82, 2.24) is 14.9 Å². The van der Waals surface area contributed by atoms with Crippen LogP contribution in [0.4, 0.5) is 22.1 Å². The van der Waals surface area contributed by atoms with Crippen molar-refractivity contribution in [3.63, 3.8) is 0 Å². The first kappa shape index (κ1) is 26.9. The highest BCUT2D eigenvalue weighted by atomic mass is 32.2. The standard InChI is InChI=1S/C26H29N7O5S/c1-37-22-15-39-14-21(22)29-19-8-23(28-10-18(19)9-27)31-26(36)33-4-2-3-16-7-17(20(12-34)30-25(16)33)11-32-5-6-38-13-24(32)35/h7-8,10,12,21-22H,2-6,11,13-15H2,1H3,(H2,28,29,31,36)/t21-,22-/m1/s1. The van der Waals surface area contributed by atoms with Gasteiger partial charge in [-0.05, 0) is 24.5 Å². The Morgan fingerprint density at radius 2 is 2.23 bits per heavy atom. The Kier molecular flexibility index (Phi) is 8.25. The molecule has 2 aromatic rings. The highest BCUT2D eigenvalue weighted by Crippen LogP contribution is 2.30. The zero-order chi connectivity index (χ0) is 27.4. The van der Waals surface area contributed by atoms with Gasteiger partial charge in [0.2, 0.25) is 5.91 Å². The highest BCUT2D eigenvalue weighted by molar-refractivity contribution is 7.99. The smallest absolute Gasteiger partial charge is 0.328 e. The van der Waals surface area contributed by atoms with Gasteiger partial charge in [-0.25, -0.2) is 14.8 Å². The molecule has 2 saturated heterocycles. The van der Waals surface area contributed by atoms with Crippen LogP contribution in [-0.4, -0.2) is 90.2 Å². The van der Waals surface area contributed by atoms with E-state index in [-0.39, 0.29) is 42.7 Å². The van der Waals surface area contributed by atoms with E-state index in [1.165, 1.54) is 11.1 Å². The van der Waals surface area contributed by atoms with Gasteiger partial charge in [0.15, 0.2) is 6.29 Å². The number of rotatable bonds is 7. The third-order valence-electron chi connectivity index (χ3n) is 7.01. The highest BCUT2D eigenvalue weighted by Gasteiger charge is 2.30. The molecular weight excluding hydrogens is 522 g/mol. The van der Waals surface area contributed by atoms with Crippen molar-refractivity contribution in [3.05, 3.63) is 40.7 Å². The van der Waals surface area contributed by atoms with Crippen molar-refractivity contribution in [2.75, 3.05) is 60.5 Å². The molecule has 39 heavy (non-hydrogen) atoms. The average Bonchev–Trinajstić information content (AvgIpc) is 3.40.